The van der Waals surface area contributed by atoms with E-state index in [1.165, 1.54) is 0 Å². The third-order valence-corrected chi connectivity index (χ3v) is 5.57. The molecule has 1 saturated heterocycles. The summed E-state index contributed by atoms with van der Waals surface area (Å²) in [6.45, 7) is 5.81. The van der Waals surface area contributed by atoms with Gasteiger partial charge in [0.2, 0.25) is 0 Å². The number of amides is 2. The number of ether oxygens (including phenoxy) is 1. The fraction of sp³-hybridized carbons (Fsp3) is 0.500. The predicted octanol–water partition coefficient (Wildman–Crippen LogP) is 2.74. The number of anilines is 2. The molecular weight excluding hydrogens is 418 g/mol. The Morgan fingerprint density at radius 2 is 1.91 bits per heavy atom. The fourth-order valence-corrected chi connectivity index (χ4v) is 4.02. The van der Waals surface area contributed by atoms with Gasteiger partial charge in [0.25, 0.3) is 6.43 Å². The number of morpholine rings is 1. The minimum Gasteiger partial charge on any atom is -0.378 e. The number of halogens is 2. The van der Waals surface area contributed by atoms with Crippen LogP contribution in [0.15, 0.2) is 24.3 Å². The quantitative estimate of drug-likeness (QED) is 0.710. The van der Waals surface area contributed by atoms with Crippen molar-refractivity contribution in [3.05, 3.63) is 35.5 Å². The van der Waals surface area contributed by atoms with Gasteiger partial charge in [0, 0.05) is 49.5 Å². The molecule has 4 rings (SSSR count). The maximum absolute atomic E-state index is 13.0. The van der Waals surface area contributed by atoms with Gasteiger partial charge in [0.15, 0.2) is 5.82 Å². The summed E-state index contributed by atoms with van der Waals surface area (Å²) in [7, 11) is 0. The molecule has 32 heavy (non-hydrogen) atoms. The molecule has 0 aliphatic carbocycles. The summed E-state index contributed by atoms with van der Waals surface area (Å²) < 4.78 is 31.4. The summed E-state index contributed by atoms with van der Waals surface area (Å²) in [5, 5.41) is 5.46. The summed E-state index contributed by atoms with van der Waals surface area (Å²) in [5.74, 6) is 1.42. The lowest BCUT2D eigenvalue weighted by atomic mass is 10.0. The number of aromatic nitrogens is 2. The fourth-order valence-electron chi connectivity index (χ4n) is 4.02. The van der Waals surface area contributed by atoms with E-state index < -0.39 is 6.43 Å². The number of carbonyl (C=O) groups is 1. The summed E-state index contributed by atoms with van der Waals surface area (Å²) in [6.07, 6.45) is -1.73. The largest absolute Gasteiger partial charge is 0.378 e. The second-order valence-corrected chi connectivity index (χ2v) is 7.83. The molecule has 1 fully saturated rings. The lowest BCUT2D eigenvalue weighted by molar-refractivity contribution is 0.0811. The molecule has 0 unspecified atom stereocenters. The molecule has 1 aromatic carbocycles. The number of benzene rings is 1. The Hall–Kier alpha value is -2.85. The van der Waals surface area contributed by atoms with E-state index in [-0.39, 0.29) is 12.6 Å². The van der Waals surface area contributed by atoms with E-state index in [1.54, 1.807) is 17.0 Å². The first-order valence-electron chi connectivity index (χ1n) is 10.9. The van der Waals surface area contributed by atoms with Gasteiger partial charge in [-0.15, -0.1) is 0 Å². The Kier molecular flexibility index (Phi) is 7.11. The summed E-state index contributed by atoms with van der Waals surface area (Å²) in [6, 6.07) is 7.03. The Balaban J connectivity index is 1.64. The maximum atomic E-state index is 13.0. The van der Waals surface area contributed by atoms with Crippen LogP contribution in [0.1, 0.15) is 18.2 Å². The van der Waals surface area contributed by atoms with Gasteiger partial charge in [-0.2, -0.15) is 0 Å². The predicted molar refractivity (Wildman–Crippen MR) is 118 cm³/mol. The van der Waals surface area contributed by atoms with Gasteiger partial charge in [0.1, 0.15) is 5.82 Å². The highest BCUT2D eigenvalue weighted by Crippen LogP contribution is 2.30. The van der Waals surface area contributed by atoms with Crippen LogP contribution in [0.4, 0.5) is 25.1 Å². The van der Waals surface area contributed by atoms with Crippen LogP contribution in [0, 0.1) is 0 Å². The van der Waals surface area contributed by atoms with E-state index in [9.17, 15) is 13.6 Å². The van der Waals surface area contributed by atoms with Crippen molar-refractivity contribution in [2.45, 2.75) is 26.3 Å². The molecule has 1 aromatic heterocycles. The van der Waals surface area contributed by atoms with Crippen LogP contribution >= 0.6 is 0 Å². The van der Waals surface area contributed by atoms with E-state index in [0.29, 0.717) is 50.8 Å². The number of rotatable bonds is 6. The number of urea groups is 1. The highest BCUT2D eigenvalue weighted by molar-refractivity contribution is 5.89. The number of alkyl halides is 2. The Morgan fingerprint density at radius 3 is 2.59 bits per heavy atom. The van der Waals surface area contributed by atoms with Crippen LogP contribution in [0.25, 0.3) is 11.4 Å². The average Bonchev–Trinajstić information content (AvgIpc) is 2.79. The van der Waals surface area contributed by atoms with E-state index in [4.69, 9.17) is 14.7 Å². The molecule has 2 aliphatic heterocycles. The molecule has 10 heteroatoms. The SMILES string of the molecule is CCNC(=O)Nc1ccc(-c2nc3c(c(N4CCOCC4)n2)CCN(CC(F)F)C3)cc1. The first kappa shape index (κ1) is 22.3. The highest BCUT2D eigenvalue weighted by Gasteiger charge is 2.27. The van der Waals surface area contributed by atoms with Crippen molar-refractivity contribution in [1.29, 1.82) is 0 Å². The van der Waals surface area contributed by atoms with Crippen LogP contribution < -0.4 is 15.5 Å². The molecule has 0 saturated carbocycles. The van der Waals surface area contributed by atoms with E-state index in [1.807, 2.05) is 19.1 Å². The summed E-state index contributed by atoms with van der Waals surface area (Å²) >= 11 is 0. The van der Waals surface area contributed by atoms with Gasteiger partial charge in [-0.3, -0.25) is 4.90 Å². The standard InChI is InChI=1S/C22H28F2N6O2/c1-2-25-22(31)26-16-5-3-15(4-6-16)20-27-18-13-29(14-19(23)24)8-7-17(18)21(28-20)30-9-11-32-12-10-30/h3-6,19H,2,7-14H2,1H3,(H2,25,26,31). The monoisotopic (exact) mass is 446 g/mol. The van der Waals surface area contributed by atoms with E-state index >= 15 is 0 Å². The number of nitrogens with one attached hydrogen (secondary N) is 2. The normalized spacial score (nSPS) is 16.7. The van der Waals surface area contributed by atoms with Gasteiger partial charge < -0.3 is 20.3 Å². The second kappa shape index (κ2) is 10.2. The topological polar surface area (TPSA) is 82.6 Å². The van der Waals surface area contributed by atoms with Gasteiger partial charge in [0.05, 0.1) is 25.5 Å². The molecule has 2 N–H and O–H groups in total. The van der Waals surface area contributed by atoms with E-state index in [2.05, 4.69) is 15.5 Å². The third-order valence-electron chi connectivity index (χ3n) is 5.57. The summed E-state index contributed by atoms with van der Waals surface area (Å²) in [4.78, 5) is 25.3. The molecule has 2 aromatic rings. The van der Waals surface area contributed by atoms with E-state index in [0.717, 1.165) is 35.7 Å². The van der Waals surface area contributed by atoms with Crippen molar-refractivity contribution >= 4 is 17.5 Å². The van der Waals surface area contributed by atoms with Crippen molar-refractivity contribution in [3.8, 4) is 11.4 Å². The van der Waals surface area contributed by atoms with Crippen molar-refractivity contribution in [1.82, 2.24) is 20.2 Å². The zero-order chi connectivity index (χ0) is 22.5. The van der Waals surface area contributed by atoms with Crippen LogP contribution in [-0.2, 0) is 17.7 Å². The first-order chi connectivity index (χ1) is 15.5. The van der Waals surface area contributed by atoms with Crippen LogP contribution in [0.2, 0.25) is 0 Å². The third kappa shape index (κ3) is 5.31. The van der Waals surface area contributed by atoms with Crippen molar-refractivity contribution < 1.29 is 18.3 Å². The van der Waals surface area contributed by atoms with Gasteiger partial charge in [-0.25, -0.2) is 23.5 Å². The lowest BCUT2D eigenvalue weighted by Gasteiger charge is -2.34. The molecule has 2 amide bonds. The number of nitrogens with zero attached hydrogens (tertiary/aromatic N) is 4. The molecule has 3 heterocycles. The lowest BCUT2D eigenvalue weighted by Crippen LogP contribution is -2.40. The summed E-state index contributed by atoms with van der Waals surface area (Å²) in [5.41, 5.74) is 3.30. The smallest absolute Gasteiger partial charge is 0.319 e. The molecule has 8 nitrogen and oxygen atoms in total. The molecular formula is C22H28F2N6O2. The van der Waals surface area contributed by atoms with Crippen molar-refractivity contribution in [2.24, 2.45) is 0 Å². The number of carbonyl (C=O) groups excluding carboxylic acids is 1. The molecule has 2 aliphatic rings. The van der Waals surface area contributed by atoms with Gasteiger partial charge in [-0.1, -0.05) is 0 Å². The first-order valence-corrected chi connectivity index (χ1v) is 10.9. The number of hydrogen-bond donors (Lipinski definition) is 2. The molecule has 0 spiro atoms. The minimum atomic E-state index is -2.37. The Bertz CT molecular complexity index is 935. The second-order valence-electron chi connectivity index (χ2n) is 7.83. The van der Waals surface area contributed by atoms with Gasteiger partial charge >= 0.3 is 6.03 Å². The van der Waals surface area contributed by atoms with Gasteiger partial charge in [-0.05, 0) is 37.6 Å². The molecule has 0 bridgehead atoms. The molecule has 0 radical (unpaired) electrons. The van der Waals surface area contributed by atoms with Crippen molar-refractivity contribution in [3.63, 3.8) is 0 Å². The zero-order valence-corrected chi connectivity index (χ0v) is 18.1. The number of fused-ring (bicyclic) bond motifs is 1. The number of hydrogen-bond acceptors (Lipinski definition) is 6. The molecule has 0 atom stereocenters. The Morgan fingerprint density at radius 1 is 1.16 bits per heavy atom. The highest BCUT2D eigenvalue weighted by atomic mass is 19.3. The Labute approximate surface area is 186 Å². The van der Waals surface area contributed by atoms with Crippen molar-refractivity contribution in [2.75, 3.05) is 56.2 Å². The zero-order valence-electron chi connectivity index (χ0n) is 18.1. The van der Waals surface area contributed by atoms with Crippen LogP contribution in [0.3, 0.4) is 0 Å². The van der Waals surface area contributed by atoms with Crippen LogP contribution in [0.5, 0.6) is 0 Å². The maximum Gasteiger partial charge on any atom is 0.319 e. The minimum absolute atomic E-state index is 0.258. The van der Waals surface area contributed by atoms with Crippen LogP contribution in [-0.4, -0.2) is 73.3 Å². The average molecular weight is 447 g/mol. The molecule has 172 valence electrons.